The Bertz CT molecular complexity index is 694. The highest BCUT2D eigenvalue weighted by atomic mass is 32.2. The minimum Gasteiger partial charge on any atom is -0.465 e. The molecule has 43 heavy (non-hydrogen) atoms. The number of carbonyl (C=O) groups is 1. The van der Waals surface area contributed by atoms with E-state index in [1.165, 1.54) is 140 Å². The minimum absolute atomic E-state index is 0.207. The van der Waals surface area contributed by atoms with Crippen molar-refractivity contribution in [3.8, 4) is 0 Å². The maximum atomic E-state index is 13.9. The van der Waals surface area contributed by atoms with Gasteiger partial charge in [0.15, 0.2) is 0 Å². The molecule has 0 rings (SSSR count). The molecule has 0 N–H and O–H groups in total. The van der Waals surface area contributed by atoms with Crippen LogP contribution < -0.4 is 0 Å². The lowest BCUT2D eigenvalue weighted by molar-refractivity contribution is -0.145. The van der Waals surface area contributed by atoms with Crippen molar-refractivity contribution in [2.24, 2.45) is 0 Å². The second kappa shape index (κ2) is 29.9. The van der Waals surface area contributed by atoms with Gasteiger partial charge in [-0.2, -0.15) is 0 Å². The molecular weight excluding hydrogens is 608 g/mol. The summed E-state index contributed by atoms with van der Waals surface area (Å²) in [4.78, 5) is 12.9. The number of esters is 1. The molecule has 0 aromatic rings. The van der Waals surface area contributed by atoms with Crippen LogP contribution in [0.5, 0.6) is 0 Å². The lowest BCUT2D eigenvalue weighted by Crippen LogP contribution is -2.31. The Labute approximate surface area is 283 Å². The second-order valence-corrected chi connectivity index (χ2v) is 20.5. The number of rotatable bonds is 31. The molecular formula is C36H71O3PS3. The summed E-state index contributed by atoms with van der Waals surface area (Å²) in [6.07, 6.45) is 31.3. The molecule has 0 unspecified atom stereocenters. The topological polar surface area (TPSA) is 43.4 Å². The predicted octanol–water partition coefficient (Wildman–Crippen LogP) is 13.5. The van der Waals surface area contributed by atoms with E-state index in [1.807, 2.05) is 13.8 Å². The molecule has 0 bridgehead atoms. The predicted molar refractivity (Wildman–Crippen MR) is 203 cm³/mol. The number of carbonyl (C=O) groups excluding carboxylic acids is 1. The summed E-state index contributed by atoms with van der Waals surface area (Å²) in [5.41, 5.74) is 0. The monoisotopic (exact) mass is 678 g/mol. The van der Waals surface area contributed by atoms with Crippen LogP contribution in [0, 0.1) is 0 Å². The van der Waals surface area contributed by atoms with Gasteiger partial charge >= 0.3 is 5.97 Å². The molecule has 0 aliphatic carbocycles. The van der Waals surface area contributed by atoms with Gasteiger partial charge in [-0.3, -0.25) is 4.79 Å². The van der Waals surface area contributed by atoms with Gasteiger partial charge in [-0.15, -0.1) is 11.8 Å². The first kappa shape index (κ1) is 43.5. The third kappa shape index (κ3) is 27.3. The maximum Gasteiger partial charge on any atom is 0.322 e. The second-order valence-electron chi connectivity index (χ2n) is 13.1. The van der Waals surface area contributed by atoms with E-state index < -0.39 is 11.9 Å². The fourth-order valence-corrected chi connectivity index (χ4v) is 11.4. The van der Waals surface area contributed by atoms with Crippen molar-refractivity contribution in [1.29, 1.82) is 0 Å². The first-order valence-corrected chi connectivity index (χ1v) is 22.8. The van der Waals surface area contributed by atoms with Gasteiger partial charge in [0, 0.05) is 18.5 Å². The van der Waals surface area contributed by atoms with Crippen LogP contribution in [0.1, 0.15) is 182 Å². The van der Waals surface area contributed by atoms with Gasteiger partial charge in [-0.1, -0.05) is 167 Å². The molecule has 256 valence electrons. The van der Waals surface area contributed by atoms with Gasteiger partial charge < -0.3 is 9.30 Å². The number of thioether (sulfide) groups is 2. The van der Waals surface area contributed by atoms with Crippen LogP contribution in [-0.2, 0) is 14.1 Å². The van der Waals surface area contributed by atoms with Gasteiger partial charge in [0.1, 0.15) is 8.28 Å². The summed E-state index contributed by atoms with van der Waals surface area (Å²) in [7, 11) is -2.21. The highest BCUT2D eigenvalue weighted by molar-refractivity contribution is 8.47. The van der Waals surface area contributed by atoms with Crippen molar-refractivity contribution in [2.75, 3.05) is 30.8 Å². The molecule has 0 aliphatic rings. The van der Waals surface area contributed by atoms with Crippen molar-refractivity contribution >= 4 is 52.4 Å². The molecule has 0 saturated heterocycles. The normalized spacial score (nSPS) is 12.1. The molecule has 0 aromatic heterocycles. The van der Waals surface area contributed by atoms with Crippen molar-refractivity contribution in [3.63, 3.8) is 0 Å². The minimum atomic E-state index is -2.21. The molecule has 0 atom stereocenters. The van der Waals surface area contributed by atoms with E-state index in [2.05, 4.69) is 20.8 Å². The molecule has 0 radical (unpaired) electrons. The highest BCUT2D eigenvalue weighted by Crippen LogP contribution is 2.48. The van der Waals surface area contributed by atoms with E-state index >= 15 is 0 Å². The largest absolute Gasteiger partial charge is 0.465 e. The van der Waals surface area contributed by atoms with Gasteiger partial charge in [0.25, 0.3) is 0 Å². The maximum absolute atomic E-state index is 13.9. The SMILES string of the molecule is CCCCCCCCCCCCSC(=S)SC(C)(C)C(=O)OCCCP(=O)(CCCCCCCC)CCCCCCCC. The van der Waals surface area contributed by atoms with E-state index in [9.17, 15) is 9.36 Å². The van der Waals surface area contributed by atoms with Gasteiger partial charge in [0.2, 0.25) is 0 Å². The Morgan fingerprint density at radius 1 is 0.605 bits per heavy atom. The van der Waals surface area contributed by atoms with Crippen LogP contribution in [0.4, 0.5) is 0 Å². The molecule has 0 spiro atoms. The van der Waals surface area contributed by atoms with Crippen molar-refractivity contribution in [2.45, 2.75) is 187 Å². The first-order chi connectivity index (χ1) is 20.7. The quantitative estimate of drug-likeness (QED) is 0.0315. The average Bonchev–Trinajstić information content (AvgIpc) is 2.97. The zero-order valence-corrected chi connectivity index (χ0v) is 32.5. The average molecular weight is 679 g/mol. The molecule has 0 heterocycles. The molecule has 0 saturated carbocycles. The third-order valence-electron chi connectivity index (χ3n) is 8.33. The van der Waals surface area contributed by atoms with Crippen LogP contribution in [0.15, 0.2) is 0 Å². The summed E-state index contributed by atoms with van der Waals surface area (Å²) in [5, 5.41) is 0. The summed E-state index contributed by atoms with van der Waals surface area (Å²) in [5.74, 6) is 0.820. The van der Waals surface area contributed by atoms with Crippen LogP contribution in [0.2, 0.25) is 0 Å². The van der Waals surface area contributed by atoms with E-state index in [4.69, 9.17) is 17.0 Å². The number of ether oxygens (including phenoxy) is 1. The summed E-state index contributed by atoms with van der Waals surface area (Å²) in [6.45, 7) is 10.9. The van der Waals surface area contributed by atoms with E-state index in [1.54, 1.807) is 11.8 Å². The van der Waals surface area contributed by atoms with Crippen LogP contribution in [-0.4, -0.2) is 45.1 Å². The fraction of sp³-hybridized carbons (Fsp3) is 0.944. The molecule has 0 aromatic carbocycles. The summed E-state index contributed by atoms with van der Waals surface area (Å²) < 4.78 is 19.7. The van der Waals surface area contributed by atoms with Crippen LogP contribution >= 0.6 is 42.9 Å². The zero-order valence-electron chi connectivity index (χ0n) is 29.2. The van der Waals surface area contributed by atoms with E-state index in [0.717, 1.165) is 34.4 Å². The Morgan fingerprint density at radius 2 is 0.977 bits per heavy atom. The number of hydrogen-bond acceptors (Lipinski definition) is 6. The fourth-order valence-electron chi connectivity index (χ4n) is 5.41. The Morgan fingerprint density at radius 3 is 1.42 bits per heavy atom. The lowest BCUT2D eigenvalue weighted by atomic mass is 10.1. The van der Waals surface area contributed by atoms with Crippen molar-refractivity contribution in [3.05, 3.63) is 0 Å². The first-order valence-electron chi connectivity index (χ1n) is 18.3. The summed E-state index contributed by atoms with van der Waals surface area (Å²) >= 11 is 8.77. The highest BCUT2D eigenvalue weighted by Gasteiger charge is 2.32. The smallest absolute Gasteiger partial charge is 0.322 e. The number of unbranched alkanes of at least 4 members (excludes halogenated alkanes) is 19. The lowest BCUT2D eigenvalue weighted by Gasteiger charge is -2.23. The zero-order chi connectivity index (χ0) is 32.1. The molecule has 0 fully saturated rings. The van der Waals surface area contributed by atoms with Crippen LogP contribution in [0.3, 0.4) is 0 Å². The standard InChI is InChI=1S/C36H71O3PS3/c1-6-9-12-15-18-19-20-21-24-27-33-42-35(41)43-36(4,5)34(37)39-29-28-32-40(38,30-25-22-16-13-10-7-2)31-26-23-17-14-11-8-3/h6-33H2,1-5H3. The Hall–Kier alpha value is 0.490. The van der Waals surface area contributed by atoms with Crippen LogP contribution in [0.25, 0.3) is 0 Å². The Kier molecular flexibility index (Phi) is 30.2. The third-order valence-corrected chi connectivity index (χ3v) is 14.5. The van der Waals surface area contributed by atoms with Gasteiger partial charge in [-0.05, 0) is 45.3 Å². The van der Waals surface area contributed by atoms with E-state index in [0.29, 0.717) is 19.2 Å². The number of thiocarbonyl (C=S) groups is 1. The van der Waals surface area contributed by atoms with Crippen molar-refractivity contribution in [1.82, 2.24) is 0 Å². The van der Waals surface area contributed by atoms with E-state index in [-0.39, 0.29) is 5.97 Å². The van der Waals surface area contributed by atoms with Gasteiger partial charge in [0.05, 0.1) is 13.7 Å². The van der Waals surface area contributed by atoms with Gasteiger partial charge in [-0.25, -0.2) is 0 Å². The molecule has 7 heteroatoms. The summed E-state index contributed by atoms with van der Waals surface area (Å²) in [6, 6.07) is 0. The molecule has 3 nitrogen and oxygen atoms in total. The molecule has 0 amide bonds. The van der Waals surface area contributed by atoms with Crippen molar-refractivity contribution < 1.29 is 14.1 Å². The molecule has 0 aliphatic heterocycles. The number of hydrogen-bond donors (Lipinski definition) is 0. The Balaban J connectivity index is 4.30.